The van der Waals surface area contributed by atoms with E-state index in [9.17, 15) is 4.79 Å². The van der Waals surface area contributed by atoms with E-state index in [4.69, 9.17) is 9.47 Å². The van der Waals surface area contributed by atoms with Gasteiger partial charge in [-0.05, 0) is 49.5 Å². The van der Waals surface area contributed by atoms with Crippen LogP contribution in [0, 0.1) is 5.92 Å². The summed E-state index contributed by atoms with van der Waals surface area (Å²) in [6.07, 6.45) is 2.01. The number of ketones is 1. The first-order valence-corrected chi connectivity index (χ1v) is 8.76. The molecule has 1 N–H and O–H groups in total. The third-order valence-electron chi connectivity index (χ3n) is 4.97. The van der Waals surface area contributed by atoms with E-state index in [0.717, 1.165) is 31.5 Å². The van der Waals surface area contributed by atoms with Crippen molar-refractivity contribution in [1.82, 2.24) is 5.32 Å². The summed E-state index contributed by atoms with van der Waals surface area (Å²) in [5, 5.41) is 3.38. The molecule has 0 aliphatic carbocycles. The van der Waals surface area contributed by atoms with Crippen molar-refractivity contribution in [2.75, 3.05) is 27.3 Å². The van der Waals surface area contributed by atoms with Crippen LogP contribution < -0.4 is 14.8 Å². The first-order valence-electron chi connectivity index (χ1n) is 8.76. The Labute approximate surface area is 149 Å². The number of rotatable bonds is 6. The van der Waals surface area contributed by atoms with Gasteiger partial charge in [-0.15, -0.1) is 0 Å². The van der Waals surface area contributed by atoms with Crippen LogP contribution in [0.5, 0.6) is 11.5 Å². The monoisotopic (exact) mass is 339 g/mol. The largest absolute Gasteiger partial charge is 0.497 e. The fourth-order valence-corrected chi connectivity index (χ4v) is 3.65. The zero-order chi connectivity index (χ0) is 17.6. The van der Waals surface area contributed by atoms with E-state index < -0.39 is 0 Å². The number of piperidine rings is 1. The Morgan fingerprint density at radius 3 is 2.40 bits per heavy atom. The zero-order valence-electron chi connectivity index (χ0n) is 14.8. The standard InChI is InChI=1S/C21H25NO3/c1-24-17-8-9-18(19(14-17)25-2)21(23)20(15-6-4-3-5-7-15)16-10-12-22-13-11-16/h3-9,14,16,20,22H,10-13H2,1-2H3. The molecule has 1 saturated heterocycles. The van der Waals surface area contributed by atoms with Crippen molar-refractivity contribution in [3.05, 3.63) is 59.7 Å². The summed E-state index contributed by atoms with van der Waals surface area (Å²) >= 11 is 0. The first-order chi connectivity index (χ1) is 12.2. The maximum absolute atomic E-state index is 13.5. The second kappa shape index (κ2) is 8.17. The molecule has 0 amide bonds. The lowest BCUT2D eigenvalue weighted by Gasteiger charge is -2.30. The molecular weight excluding hydrogens is 314 g/mol. The molecule has 1 atom stereocenters. The molecule has 0 saturated carbocycles. The Hall–Kier alpha value is -2.33. The topological polar surface area (TPSA) is 47.6 Å². The SMILES string of the molecule is COc1ccc(C(=O)C(c2ccccc2)C2CCNCC2)c(OC)c1. The number of nitrogens with one attached hydrogen (secondary N) is 1. The fourth-order valence-electron chi connectivity index (χ4n) is 3.65. The molecule has 0 spiro atoms. The minimum absolute atomic E-state index is 0.123. The van der Waals surface area contributed by atoms with Gasteiger partial charge < -0.3 is 14.8 Å². The highest BCUT2D eigenvalue weighted by Crippen LogP contribution is 2.37. The summed E-state index contributed by atoms with van der Waals surface area (Å²) in [6.45, 7) is 1.92. The number of hydrogen-bond acceptors (Lipinski definition) is 4. The van der Waals surface area contributed by atoms with Gasteiger partial charge >= 0.3 is 0 Å². The van der Waals surface area contributed by atoms with Gasteiger partial charge in [0.15, 0.2) is 5.78 Å². The van der Waals surface area contributed by atoms with Crippen molar-refractivity contribution in [3.63, 3.8) is 0 Å². The van der Waals surface area contributed by atoms with E-state index in [1.54, 1.807) is 20.3 Å². The van der Waals surface area contributed by atoms with Gasteiger partial charge in [0, 0.05) is 6.07 Å². The molecule has 1 aliphatic heterocycles. The maximum Gasteiger partial charge on any atom is 0.174 e. The molecule has 0 aromatic heterocycles. The second-order valence-electron chi connectivity index (χ2n) is 6.41. The number of benzene rings is 2. The van der Waals surface area contributed by atoms with E-state index >= 15 is 0 Å². The maximum atomic E-state index is 13.5. The predicted molar refractivity (Wildman–Crippen MR) is 98.7 cm³/mol. The van der Waals surface area contributed by atoms with Crippen LogP contribution in [0.1, 0.15) is 34.7 Å². The van der Waals surface area contributed by atoms with Crippen LogP contribution in [0.2, 0.25) is 0 Å². The van der Waals surface area contributed by atoms with E-state index in [-0.39, 0.29) is 11.7 Å². The number of ether oxygens (including phenoxy) is 2. The molecule has 25 heavy (non-hydrogen) atoms. The van der Waals surface area contributed by atoms with Crippen LogP contribution in [0.25, 0.3) is 0 Å². The van der Waals surface area contributed by atoms with E-state index in [1.807, 2.05) is 30.3 Å². The summed E-state index contributed by atoms with van der Waals surface area (Å²) in [4.78, 5) is 13.5. The highest BCUT2D eigenvalue weighted by molar-refractivity contribution is 6.03. The first kappa shape index (κ1) is 17.5. The molecule has 4 nitrogen and oxygen atoms in total. The van der Waals surface area contributed by atoms with Gasteiger partial charge in [0.25, 0.3) is 0 Å². The molecule has 0 radical (unpaired) electrons. The molecule has 1 heterocycles. The van der Waals surface area contributed by atoms with E-state index in [1.165, 1.54) is 0 Å². The summed E-state index contributed by atoms with van der Waals surface area (Å²) in [5.74, 6) is 1.57. The number of methoxy groups -OCH3 is 2. The highest BCUT2D eigenvalue weighted by atomic mass is 16.5. The second-order valence-corrected chi connectivity index (χ2v) is 6.41. The minimum atomic E-state index is -0.148. The summed E-state index contributed by atoms with van der Waals surface area (Å²) in [5.41, 5.74) is 1.70. The van der Waals surface area contributed by atoms with E-state index in [0.29, 0.717) is 23.0 Å². The van der Waals surface area contributed by atoms with Gasteiger partial charge in [-0.1, -0.05) is 30.3 Å². The van der Waals surface area contributed by atoms with Crippen molar-refractivity contribution < 1.29 is 14.3 Å². The van der Waals surface area contributed by atoms with Crippen molar-refractivity contribution in [1.29, 1.82) is 0 Å². The molecule has 1 aliphatic rings. The molecular formula is C21H25NO3. The summed E-state index contributed by atoms with van der Waals surface area (Å²) in [6, 6.07) is 15.5. The predicted octanol–water partition coefficient (Wildman–Crippen LogP) is 3.67. The van der Waals surface area contributed by atoms with Gasteiger partial charge in [0.05, 0.1) is 25.7 Å². The molecule has 3 rings (SSSR count). The smallest absolute Gasteiger partial charge is 0.174 e. The van der Waals surface area contributed by atoms with Crippen LogP contribution in [0.15, 0.2) is 48.5 Å². The molecule has 4 heteroatoms. The number of hydrogen-bond donors (Lipinski definition) is 1. The average molecular weight is 339 g/mol. The molecule has 132 valence electrons. The van der Waals surface area contributed by atoms with Crippen LogP contribution in [-0.4, -0.2) is 33.1 Å². The Bertz CT molecular complexity index is 708. The molecule has 2 aromatic rings. The summed E-state index contributed by atoms with van der Waals surface area (Å²) in [7, 11) is 3.20. The Balaban J connectivity index is 1.99. The van der Waals surface area contributed by atoms with Gasteiger partial charge in [-0.25, -0.2) is 0 Å². The lowest BCUT2D eigenvalue weighted by molar-refractivity contribution is 0.0913. The van der Waals surface area contributed by atoms with Gasteiger partial charge in [-0.2, -0.15) is 0 Å². The van der Waals surface area contributed by atoms with Crippen LogP contribution in [0.4, 0.5) is 0 Å². The van der Waals surface area contributed by atoms with Gasteiger partial charge in [0.2, 0.25) is 0 Å². The lowest BCUT2D eigenvalue weighted by Crippen LogP contribution is -2.33. The Morgan fingerprint density at radius 1 is 1.04 bits per heavy atom. The quantitative estimate of drug-likeness (QED) is 0.816. The van der Waals surface area contributed by atoms with Crippen LogP contribution >= 0.6 is 0 Å². The number of Topliss-reactive ketones (excluding diaryl/α,β-unsaturated/α-hetero) is 1. The van der Waals surface area contributed by atoms with Gasteiger partial charge in [-0.3, -0.25) is 4.79 Å². The van der Waals surface area contributed by atoms with Crippen LogP contribution in [0.3, 0.4) is 0 Å². The number of carbonyl (C=O) groups excluding carboxylic acids is 1. The average Bonchev–Trinajstić information content (AvgIpc) is 2.69. The molecule has 1 unspecified atom stereocenters. The van der Waals surface area contributed by atoms with Crippen LogP contribution in [-0.2, 0) is 0 Å². The van der Waals surface area contributed by atoms with Crippen molar-refractivity contribution in [2.24, 2.45) is 5.92 Å². The third kappa shape index (κ3) is 3.85. The molecule has 1 fully saturated rings. The third-order valence-corrected chi connectivity index (χ3v) is 4.97. The molecule has 2 aromatic carbocycles. The van der Waals surface area contributed by atoms with E-state index in [2.05, 4.69) is 17.4 Å². The van der Waals surface area contributed by atoms with Crippen molar-refractivity contribution >= 4 is 5.78 Å². The summed E-state index contributed by atoms with van der Waals surface area (Å²) < 4.78 is 10.7. The minimum Gasteiger partial charge on any atom is -0.497 e. The number of carbonyl (C=O) groups is 1. The van der Waals surface area contributed by atoms with Crippen molar-refractivity contribution in [2.45, 2.75) is 18.8 Å². The Kier molecular flexibility index (Phi) is 5.71. The zero-order valence-corrected chi connectivity index (χ0v) is 14.8. The van der Waals surface area contributed by atoms with Crippen molar-refractivity contribution in [3.8, 4) is 11.5 Å². The Morgan fingerprint density at radius 2 is 1.76 bits per heavy atom. The lowest BCUT2D eigenvalue weighted by atomic mass is 9.76. The normalized spacial score (nSPS) is 16.2. The fraction of sp³-hybridized carbons (Fsp3) is 0.381. The molecule has 0 bridgehead atoms. The highest BCUT2D eigenvalue weighted by Gasteiger charge is 2.32. The van der Waals surface area contributed by atoms with Gasteiger partial charge in [0.1, 0.15) is 11.5 Å².